The summed E-state index contributed by atoms with van der Waals surface area (Å²) in [5, 5.41) is 7.52. The van der Waals surface area contributed by atoms with Gasteiger partial charge in [-0.3, -0.25) is 0 Å². The average Bonchev–Trinajstić information content (AvgIpc) is 2.64. The quantitative estimate of drug-likeness (QED) is 0.719. The van der Waals surface area contributed by atoms with E-state index in [1.807, 2.05) is 24.4 Å². The number of halogens is 2. The maximum Gasteiger partial charge on any atom is 0.159 e. The van der Waals surface area contributed by atoms with Crippen LogP contribution in [0.5, 0.6) is 0 Å². The fourth-order valence-electron chi connectivity index (χ4n) is 2.64. The van der Waals surface area contributed by atoms with Crippen molar-refractivity contribution in [3.63, 3.8) is 0 Å². The molecule has 6 heteroatoms. The Morgan fingerprint density at radius 1 is 1.12 bits per heavy atom. The van der Waals surface area contributed by atoms with Crippen LogP contribution in [0, 0.1) is 5.82 Å². The third-order valence-electron chi connectivity index (χ3n) is 3.88. The van der Waals surface area contributed by atoms with Gasteiger partial charge in [-0.2, -0.15) is 0 Å². The molecule has 25 heavy (non-hydrogen) atoms. The first-order valence-corrected chi connectivity index (χ1v) is 8.17. The van der Waals surface area contributed by atoms with Crippen molar-refractivity contribution in [2.75, 3.05) is 11.9 Å². The number of fused-ring (bicyclic) bond motifs is 1. The van der Waals surface area contributed by atoms with Crippen LogP contribution in [0.3, 0.4) is 0 Å². The minimum Gasteiger partial charge on any atom is -0.387 e. The van der Waals surface area contributed by atoms with Crippen LogP contribution in [0.2, 0.25) is 5.02 Å². The van der Waals surface area contributed by atoms with Gasteiger partial charge in [0, 0.05) is 22.5 Å². The lowest BCUT2D eigenvalue weighted by atomic mass is 10.1. The zero-order valence-corrected chi connectivity index (χ0v) is 13.9. The van der Waals surface area contributed by atoms with Crippen LogP contribution in [-0.4, -0.2) is 16.5 Å². The highest BCUT2D eigenvalue weighted by Gasteiger charge is 2.13. The second-order valence-electron chi connectivity index (χ2n) is 5.59. The third kappa shape index (κ3) is 3.19. The second kappa shape index (κ2) is 6.53. The molecule has 4 rings (SSSR count). The molecule has 0 unspecified atom stereocenters. The van der Waals surface area contributed by atoms with E-state index >= 15 is 0 Å². The summed E-state index contributed by atoms with van der Waals surface area (Å²) >= 11 is 6.13. The van der Waals surface area contributed by atoms with Crippen LogP contribution < -0.4 is 10.6 Å². The van der Waals surface area contributed by atoms with Crippen molar-refractivity contribution in [2.24, 2.45) is 0 Å². The Morgan fingerprint density at radius 3 is 2.80 bits per heavy atom. The van der Waals surface area contributed by atoms with E-state index in [-0.39, 0.29) is 5.82 Å². The van der Waals surface area contributed by atoms with Gasteiger partial charge in [-0.25, -0.2) is 14.4 Å². The van der Waals surface area contributed by atoms with Crippen LogP contribution in [0.1, 0.15) is 5.82 Å². The second-order valence-corrected chi connectivity index (χ2v) is 6.03. The lowest BCUT2D eigenvalue weighted by Crippen LogP contribution is -2.14. The summed E-state index contributed by atoms with van der Waals surface area (Å²) in [5.41, 5.74) is 2.05. The number of dihydropyridines is 1. The number of allylic oxidation sites excluding steroid dienone is 2. The minimum absolute atomic E-state index is 0.348. The van der Waals surface area contributed by atoms with E-state index in [0.717, 1.165) is 16.5 Å². The molecule has 2 heterocycles. The Kier molecular flexibility index (Phi) is 4.07. The number of aromatic nitrogens is 2. The summed E-state index contributed by atoms with van der Waals surface area (Å²) in [6.07, 6.45) is 5.72. The highest BCUT2D eigenvalue weighted by Crippen LogP contribution is 2.29. The molecular weight excluding hydrogens is 339 g/mol. The fraction of sp³-hybridized carbons (Fsp3) is 0.0526. The van der Waals surface area contributed by atoms with E-state index in [4.69, 9.17) is 11.6 Å². The van der Waals surface area contributed by atoms with Crippen LogP contribution in [-0.2, 0) is 0 Å². The largest absolute Gasteiger partial charge is 0.387 e. The molecular formula is C19H14ClFN4. The molecule has 0 spiro atoms. The van der Waals surface area contributed by atoms with Crippen LogP contribution in [0.25, 0.3) is 16.5 Å². The van der Waals surface area contributed by atoms with Crippen molar-refractivity contribution in [1.29, 1.82) is 0 Å². The first-order valence-electron chi connectivity index (χ1n) is 7.79. The smallest absolute Gasteiger partial charge is 0.159 e. The molecule has 3 aromatic rings. The number of hydrogen-bond acceptors (Lipinski definition) is 4. The summed E-state index contributed by atoms with van der Waals surface area (Å²) in [7, 11) is 0. The van der Waals surface area contributed by atoms with E-state index in [9.17, 15) is 4.39 Å². The molecule has 124 valence electrons. The maximum absolute atomic E-state index is 14.0. The Labute approximate surface area is 149 Å². The Balaban J connectivity index is 1.87. The first-order chi connectivity index (χ1) is 12.2. The Bertz CT molecular complexity index is 1010. The van der Waals surface area contributed by atoms with E-state index in [0.29, 0.717) is 28.9 Å². The van der Waals surface area contributed by atoms with Crippen LogP contribution >= 0.6 is 11.6 Å². The van der Waals surface area contributed by atoms with E-state index in [2.05, 4.69) is 20.6 Å². The standard InChI is InChI=1S/C19H14ClFN4/c20-13-7-8-16-14(10-13)19(24-17-6-2-1-5-15(17)21)25-18(23-16)12-4-3-9-22-11-12/h1-10,22H,11H2,(H,23,24,25). The molecule has 1 aliphatic heterocycles. The molecule has 0 atom stereocenters. The predicted molar refractivity (Wildman–Crippen MR) is 99.4 cm³/mol. The fourth-order valence-corrected chi connectivity index (χ4v) is 2.82. The van der Waals surface area contributed by atoms with Crippen molar-refractivity contribution in [3.05, 3.63) is 77.5 Å². The number of nitrogens with zero attached hydrogens (tertiary/aromatic N) is 2. The number of anilines is 2. The summed E-state index contributed by atoms with van der Waals surface area (Å²) in [6.45, 7) is 0.634. The zero-order valence-electron chi connectivity index (χ0n) is 13.1. The van der Waals surface area contributed by atoms with Crippen molar-refractivity contribution in [3.8, 4) is 0 Å². The van der Waals surface area contributed by atoms with Gasteiger partial charge >= 0.3 is 0 Å². The van der Waals surface area contributed by atoms with Gasteiger partial charge in [0.1, 0.15) is 11.6 Å². The molecule has 0 amide bonds. The van der Waals surface area contributed by atoms with Gasteiger partial charge in [-0.1, -0.05) is 29.8 Å². The van der Waals surface area contributed by atoms with Gasteiger partial charge in [0.15, 0.2) is 5.82 Å². The summed E-state index contributed by atoms with van der Waals surface area (Å²) in [4.78, 5) is 9.23. The Hall–Kier alpha value is -2.92. The normalized spacial score (nSPS) is 13.4. The van der Waals surface area contributed by atoms with Gasteiger partial charge in [0.05, 0.1) is 11.2 Å². The number of nitrogens with one attached hydrogen (secondary N) is 2. The number of benzene rings is 2. The highest BCUT2D eigenvalue weighted by molar-refractivity contribution is 6.31. The molecule has 0 bridgehead atoms. The van der Waals surface area contributed by atoms with Crippen molar-refractivity contribution >= 4 is 39.6 Å². The zero-order chi connectivity index (χ0) is 17.2. The lowest BCUT2D eigenvalue weighted by Gasteiger charge is -2.14. The van der Waals surface area contributed by atoms with Gasteiger partial charge in [0.25, 0.3) is 0 Å². The Morgan fingerprint density at radius 2 is 2.00 bits per heavy atom. The summed E-state index contributed by atoms with van der Waals surface area (Å²) in [5.74, 6) is 0.757. The van der Waals surface area contributed by atoms with Crippen molar-refractivity contribution in [2.45, 2.75) is 0 Å². The monoisotopic (exact) mass is 352 g/mol. The van der Waals surface area contributed by atoms with Gasteiger partial charge in [0.2, 0.25) is 0 Å². The molecule has 0 radical (unpaired) electrons. The SMILES string of the molecule is Fc1ccccc1Nc1nc(C2=CC=CNC2)nc2ccc(Cl)cc12. The van der Waals surface area contributed by atoms with E-state index in [1.165, 1.54) is 6.07 Å². The van der Waals surface area contributed by atoms with Gasteiger partial charge in [-0.05, 0) is 42.6 Å². The molecule has 2 aromatic carbocycles. The molecule has 0 aliphatic carbocycles. The summed E-state index contributed by atoms with van der Waals surface area (Å²) < 4.78 is 14.0. The van der Waals surface area contributed by atoms with Crippen LogP contribution in [0.15, 0.2) is 60.8 Å². The molecule has 1 aliphatic rings. The van der Waals surface area contributed by atoms with Gasteiger partial charge < -0.3 is 10.6 Å². The summed E-state index contributed by atoms with van der Waals surface area (Å²) in [6, 6.07) is 11.9. The third-order valence-corrected chi connectivity index (χ3v) is 4.11. The number of hydrogen-bond donors (Lipinski definition) is 2. The molecule has 0 fully saturated rings. The highest BCUT2D eigenvalue weighted by atomic mass is 35.5. The van der Waals surface area contributed by atoms with Crippen LogP contribution in [0.4, 0.5) is 15.9 Å². The van der Waals surface area contributed by atoms with E-state index in [1.54, 1.807) is 30.3 Å². The van der Waals surface area contributed by atoms with Crippen molar-refractivity contribution in [1.82, 2.24) is 15.3 Å². The molecule has 1 aromatic heterocycles. The molecule has 0 saturated carbocycles. The predicted octanol–water partition coefficient (Wildman–Crippen LogP) is 4.67. The molecule has 0 saturated heterocycles. The topological polar surface area (TPSA) is 49.8 Å². The van der Waals surface area contributed by atoms with Gasteiger partial charge in [-0.15, -0.1) is 0 Å². The average molecular weight is 353 g/mol. The maximum atomic E-state index is 14.0. The van der Waals surface area contributed by atoms with Crippen molar-refractivity contribution < 1.29 is 4.39 Å². The minimum atomic E-state index is -0.348. The lowest BCUT2D eigenvalue weighted by molar-refractivity contribution is 0.632. The number of rotatable bonds is 3. The molecule has 4 nitrogen and oxygen atoms in total. The van der Waals surface area contributed by atoms with E-state index < -0.39 is 0 Å². The number of para-hydroxylation sites is 1. The molecule has 2 N–H and O–H groups in total. The first kappa shape index (κ1) is 15.6.